The third kappa shape index (κ3) is 2.77. The van der Waals surface area contributed by atoms with Crippen molar-refractivity contribution in [2.24, 2.45) is 0 Å². The summed E-state index contributed by atoms with van der Waals surface area (Å²) in [6.45, 7) is 3.44. The number of carbonyl (C=O) groups excluding carboxylic acids is 2. The standard InChI is InChI=1S/C10H16O6S/c1-3-15-9(11)7-5-6-8(17(7,13)14)10(12)16-4-2/h7-8H,3-6H2,1-2H3/t7-,8+. The van der Waals surface area contributed by atoms with Crippen LogP contribution in [0.25, 0.3) is 0 Å². The number of ether oxygens (including phenoxy) is 2. The molecule has 0 unspecified atom stereocenters. The van der Waals surface area contributed by atoms with Crippen LogP contribution in [0.5, 0.6) is 0 Å². The Kier molecular flexibility index (Phi) is 4.50. The zero-order valence-electron chi connectivity index (χ0n) is 9.84. The highest BCUT2D eigenvalue weighted by Gasteiger charge is 2.49. The van der Waals surface area contributed by atoms with Gasteiger partial charge in [-0.3, -0.25) is 9.59 Å². The van der Waals surface area contributed by atoms with Crippen molar-refractivity contribution in [3.63, 3.8) is 0 Å². The lowest BCUT2D eigenvalue weighted by molar-refractivity contribution is -0.143. The monoisotopic (exact) mass is 264 g/mol. The Labute approximate surface area is 100 Å². The summed E-state index contributed by atoms with van der Waals surface area (Å²) in [6, 6.07) is 0. The number of carbonyl (C=O) groups is 2. The van der Waals surface area contributed by atoms with E-state index in [0.29, 0.717) is 0 Å². The van der Waals surface area contributed by atoms with Crippen LogP contribution in [0.3, 0.4) is 0 Å². The van der Waals surface area contributed by atoms with Gasteiger partial charge in [0.1, 0.15) is 0 Å². The second kappa shape index (κ2) is 5.48. The average Bonchev–Trinajstić information content (AvgIpc) is 2.54. The molecule has 1 saturated heterocycles. The Hall–Kier alpha value is -1.11. The molecule has 1 fully saturated rings. The zero-order valence-corrected chi connectivity index (χ0v) is 10.7. The molecule has 0 aliphatic carbocycles. The zero-order chi connectivity index (χ0) is 13.1. The molecule has 0 amide bonds. The minimum absolute atomic E-state index is 0.116. The molecule has 2 atom stereocenters. The number of hydrogen-bond acceptors (Lipinski definition) is 6. The van der Waals surface area contributed by atoms with Gasteiger partial charge in [-0.05, 0) is 26.7 Å². The average molecular weight is 264 g/mol. The second-order valence-corrected chi connectivity index (χ2v) is 5.96. The van der Waals surface area contributed by atoms with Gasteiger partial charge < -0.3 is 9.47 Å². The van der Waals surface area contributed by atoms with Crippen molar-refractivity contribution in [3.8, 4) is 0 Å². The fraction of sp³-hybridized carbons (Fsp3) is 0.800. The first-order valence-corrected chi connectivity index (χ1v) is 7.12. The van der Waals surface area contributed by atoms with Gasteiger partial charge >= 0.3 is 11.9 Å². The summed E-state index contributed by atoms with van der Waals surface area (Å²) in [5.74, 6) is -1.56. The molecule has 98 valence electrons. The Morgan fingerprint density at radius 1 is 1.00 bits per heavy atom. The van der Waals surface area contributed by atoms with E-state index < -0.39 is 32.3 Å². The van der Waals surface area contributed by atoms with E-state index in [9.17, 15) is 18.0 Å². The lowest BCUT2D eigenvalue weighted by atomic mass is 10.2. The fourth-order valence-electron chi connectivity index (χ4n) is 1.80. The molecule has 0 saturated carbocycles. The molecule has 6 nitrogen and oxygen atoms in total. The van der Waals surface area contributed by atoms with Gasteiger partial charge in [0.2, 0.25) is 0 Å². The molecule has 1 rings (SSSR count). The molecule has 0 spiro atoms. The van der Waals surface area contributed by atoms with Crippen molar-refractivity contribution in [1.29, 1.82) is 0 Å². The normalized spacial score (nSPS) is 26.5. The molecule has 1 aliphatic heterocycles. The van der Waals surface area contributed by atoms with Crippen LogP contribution in [0.4, 0.5) is 0 Å². The van der Waals surface area contributed by atoms with Gasteiger partial charge in [0, 0.05) is 0 Å². The Balaban J connectivity index is 2.83. The van der Waals surface area contributed by atoms with Gasteiger partial charge in [-0.15, -0.1) is 0 Å². The van der Waals surface area contributed by atoms with Gasteiger partial charge in [0.05, 0.1) is 13.2 Å². The van der Waals surface area contributed by atoms with Gasteiger partial charge in [-0.25, -0.2) is 8.42 Å². The molecule has 0 aromatic carbocycles. The summed E-state index contributed by atoms with van der Waals surface area (Å²) < 4.78 is 33.2. The minimum atomic E-state index is -3.82. The van der Waals surface area contributed by atoms with Crippen LogP contribution >= 0.6 is 0 Å². The molecular formula is C10H16O6S. The maximum Gasteiger partial charge on any atom is 0.324 e. The predicted molar refractivity (Wildman–Crippen MR) is 59.0 cm³/mol. The van der Waals surface area contributed by atoms with E-state index in [1.54, 1.807) is 13.8 Å². The molecule has 1 heterocycles. The molecule has 0 aromatic rings. The van der Waals surface area contributed by atoms with Crippen LogP contribution in [0.1, 0.15) is 26.7 Å². The Morgan fingerprint density at radius 3 is 1.65 bits per heavy atom. The van der Waals surface area contributed by atoms with Crippen LogP contribution in [0.15, 0.2) is 0 Å². The van der Waals surface area contributed by atoms with Crippen LogP contribution in [-0.4, -0.2) is 44.1 Å². The second-order valence-electron chi connectivity index (χ2n) is 3.65. The third-order valence-corrected chi connectivity index (χ3v) is 5.03. The summed E-state index contributed by atoms with van der Waals surface area (Å²) >= 11 is 0. The molecule has 17 heavy (non-hydrogen) atoms. The van der Waals surface area contributed by atoms with Gasteiger partial charge in [-0.1, -0.05) is 0 Å². The largest absolute Gasteiger partial charge is 0.465 e. The van der Waals surface area contributed by atoms with E-state index in [0.717, 1.165) is 0 Å². The van der Waals surface area contributed by atoms with E-state index in [1.165, 1.54) is 0 Å². The summed E-state index contributed by atoms with van der Waals surface area (Å²) in [4.78, 5) is 22.9. The quantitative estimate of drug-likeness (QED) is 0.667. The van der Waals surface area contributed by atoms with E-state index in [-0.39, 0.29) is 26.1 Å². The van der Waals surface area contributed by atoms with Crippen LogP contribution in [0, 0.1) is 0 Å². The van der Waals surface area contributed by atoms with Gasteiger partial charge in [0.15, 0.2) is 20.3 Å². The number of sulfone groups is 1. The summed E-state index contributed by atoms with van der Waals surface area (Å²) in [7, 11) is -3.82. The lowest BCUT2D eigenvalue weighted by Crippen LogP contribution is -2.35. The SMILES string of the molecule is CCOC(=O)[C@H]1CC[C@@H](C(=O)OCC)S1(=O)=O. The lowest BCUT2D eigenvalue weighted by Gasteiger charge is -2.11. The highest BCUT2D eigenvalue weighted by molar-refractivity contribution is 7.94. The van der Waals surface area contributed by atoms with Crippen LogP contribution < -0.4 is 0 Å². The van der Waals surface area contributed by atoms with Gasteiger partial charge in [0.25, 0.3) is 0 Å². The molecule has 7 heteroatoms. The topological polar surface area (TPSA) is 86.7 Å². The third-order valence-electron chi connectivity index (χ3n) is 2.58. The number of rotatable bonds is 4. The van der Waals surface area contributed by atoms with Crippen molar-refractivity contribution < 1.29 is 27.5 Å². The van der Waals surface area contributed by atoms with Crippen LogP contribution in [0.2, 0.25) is 0 Å². The minimum Gasteiger partial charge on any atom is -0.465 e. The first-order valence-electron chi connectivity index (χ1n) is 5.51. The summed E-state index contributed by atoms with van der Waals surface area (Å²) in [6.07, 6.45) is 0.231. The highest BCUT2D eigenvalue weighted by atomic mass is 32.2. The smallest absolute Gasteiger partial charge is 0.324 e. The maximum absolute atomic E-state index is 11.9. The molecule has 1 aliphatic rings. The van der Waals surface area contributed by atoms with Gasteiger partial charge in [-0.2, -0.15) is 0 Å². The van der Waals surface area contributed by atoms with E-state index >= 15 is 0 Å². The van der Waals surface area contributed by atoms with E-state index in [2.05, 4.69) is 9.47 Å². The first kappa shape index (κ1) is 14.0. The van der Waals surface area contributed by atoms with Crippen molar-refractivity contribution in [3.05, 3.63) is 0 Å². The highest BCUT2D eigenvalue weighted by Crippen LogP contribution is 2.29. The maximum atomic E-state index is 11.9. The van der Waals surface area contributed by atoms with Crippen molar-refractivity contribution in [1.82, 2.24) is 0 Å². The Morgan fingerprint density at radius 2 is 1.35 bits per heavy atom. The Bertz CT molecular complexity index is 367. The molecular weight excluding hydrogens is 248 g/mol. The molecule has 0 aromatic heterocycles. The first-order chi connectivity index (χ1) is 7.95. The molecule has 0 radical (unpaired) electrons. The number of hydrogen-bond donors (Lipinski definition) is 0. The summed E-state index contributed by atoms with van der Waals surface area (Å²) in [5.41, 5.74) is 0. The van der Waals surface area contributed by atoms with Crippen LogP contribution in [-0.2, 0) is 28.9 Å². The predicted octanol–water partition coefficient (Wildman–Crippen LogP) is 0.0584. The number of esters is 2. The molecule has 0 N–H and O–H groups in total. The summed E-state index contributed by atoms with van der Waals surface area (Å²) in [5, 5.41) is -2.45. The van der Waals surface area contributed by atoms with E-state index in [4.69, 9.17) is 0 Å². The van der Waals surface area contributed by atoms with E-state index in [1.807, 2.05) is 0 Å². The fourth-order valence-corrected chi connectivity index (χ4v) is 3.80. The molecule has 0 bridgehead atoms. The van der Waals surface area contributed by atoms with Crippen molar-refractivity contribution in [2.45, 2.75) is 37.2 Å². The van der Waals surface area contributed by atoms with Crippen molar-refractivity contribution in [2.75, 3.05) is 13.2 Å². The van der Waals surface area contributed by atoms with Crippen molar-refractivity contribution >= 4 is 21.8 Å².